The van der Waals surface area contributed by atoms with E-state index in [1.807, 2.05) is 19.0 Å². The van der Waals surface area contributed by atoms with Crippen LogP contribution in [0.3, 0.4) is 0 Å². The van der Waals surface area contributed by atoms with Gasteiger partial charge in [0.25, 0.3) is 0 Å². The molecule has 0 saturated carbocycles. The van der Waals surface area contributed by atoms with Crippen LogP contribution >= 0.6 is 0 Å². The normalized spacial score (nSPS) is 10.9. The fourth-order valence-electron chi connectivity index (χ4n) is 1.32. The maximum absolute atomic E-state index is 11.8. The quantitative estimate of drug-likeness (QED) is 0.741. The fourth-order valence-corrected chi connectivity index (χ4v) is 1.32. The minimum Gasteiger partial charge on any atom is -0.330 e. The Hall–Kier alpha value is -1.20. The molecule has 1 rings (SSSR count). The highest BCUT2D eigenvalue weighted by Crippen LogP contribution is 2.01. The second-order valence-corrected chi connectivity index (χ2v) is 3.74. The zero-order valence-corrected chi connectivity index (χ0v) is 9.31. The van der Waals surface area contributed by atoms with Gasteiger partial charge in [0.1, 0.15) is 6.33 Å². The van der Waals surface area contributed by atoms with E-state index in [-0.39, 0.29) is 5.91 Å². The van der Waals surface area contributed by atoms with Crippen LogP contribution in [0.15, 0.2) is 12.5 Å². The molecule has 15 heavy (non-hydrogen) atoms. The Kier molecular flexibility index (Phi) is 4.45. The van der Waals surface area contributed by atoms with Crippen LogP contribution in [0.4, 0.5) is 0 Å². The van der Waals surface area contributed by atoms with Crippen LogP contribution < -0.4 is 5.73 Å². The summed E-state index contributed by atoms with van der Waals surface area (Å²) in [5.74, 6) is 0.0738. The van der Waals surface area contributed by atoms with E-state index in [1.54, 1.807) is 17.1 Å². The minimum atomic E-state index is 0.0738. The molecule has 0 saturated heterocycles. The predicted molar refractivity (Wildman–Crippen MR) is 58.8 cm³/mol. The maximum Gasteiger partial charge on any atom is 0.233 e. The van der Waals surface area contributed by atoms with E-state index in [1.165, 1.54) is 0 Å². The van der Waals surface area contributed by atoms with Crippen LogP contribution in [0.5, 0.6) is 0 Å². The highest BCUT2D eigenvalue weighted by Gasteiger charge is 2.09. The average molecular weight is 210 g/mol. The van der Waals surface area contributed by atoms with Gasteiger partial charge in [0, 0.05) is 31.3 Å². The van der Waals surface area contributed by atoms with Gasteiger partial charge in [-0.3, -0.25) is 9.36 Å². The number of nitrogens with zero attached hydrogens (tertiary/aromatic N) is 3. The number of imidazole rings is 1. The van der Waals surface area contributed by atoms with Gasteiger partial charge in [-0.15, -0.1) is 0 Å². The first-order valence-electron chi connectivity index (χ1n) is 5.04. The summed E-state index contributed by atoms with van der Waals surface area (Å²) in [6.07, 6.45) is 4.44. The molecule has 0 bridgehead atoms. The van der Waals surface area contributed by atoms with Gasteiger partial charge in [-0.2, -0.15) is 0 Å². The molecule has 0 unspecified atom stereocenters. The summed E-state index contributed by atoms with van der Waals surface area (Å²) in [5.41, 5.74) is 6.34. The number of aromatic nitrogens is 2. The van der Waals surface area contributed by atoms with Gasteiger partial charge >= 0.3 is 0 Å². The van der Waals surface area contributed by atoms with Gasteiger partial charge in [0.05, 0.1) is 0 Å². The molecule has 5 nitrogen and oxygen atoms in total. The number of rotatable bonds is 5. The molecule has 0 aliphatic carbocycles. The SMILES string of the molecule is CN(C)CCC(=O)n1cncc1CCN. The van der Waals surface area contributed by atoms with Crippen molar-refractivity contribution in [2.75, 3.05) is 27.2 Å². The Balaban J connectivity index is 2.60. The van der Waals surface area contributed by atoms with Crippen molar-refractivity contribution in [3.05, 3.63) is 18.2 Å². The van der Waals surface area contributed by atoms with Crippen molar-refractivity contribution in [2.45, 2.75) is 12.8 Å². The van der Waals surface area contributed by atoms with E-state index in [0.717, 1.165) is 12.2 Å². The number of nitrogens with two attached hydrogens (primary N) is 1. The van der Waals surface area contributed by atoms with Crippen molar-refractivity contribution in [1.29, 1.82) is 0 Å². The summed E-state index contributed by atoms with van der Waals surface area (Å²) < 4.78 is 1.59. The Morgan fingerprint density at radius 3 is 2.93 bits per heavy atom. The molecule has 0 fully saturated rings. The van der Waals surface area contributed by atoms with Crippen LogP contribution in [-0.2, 0) is 6.42 Å². The van der Waals surface area contributed by atoms with Crippen molar-refractivity contribution >= 4 is 5.91 Å². The van der Waals surface area contributed by atoms with E-state index >= 15 is 0 Å². The lowest BCUT2D eigenvalue weighted by molar-refractivity contribution is 0.0889. The Morgan fingerprint density at radius 2 is 2.33 bits per heavy atom. The molecule has 2 N–H and O–H groups in total. The van der Waals surface area contributed by atoms with Crippen molar-refractivity contribution in [3.8, 4) is 0 Å². The molecule has 0 radical (unpaired) electrons. The molecule has 5 heteroatoms. The third kappa shape index (κ3) is 3.45. The molecule has 1 heterocycles. The van der Waals surface area contributed by atoms with Crippen molar-refractivity contribution < 1.29 is 4.79 Å². The lowest BCUT2D eigenvalue weighted by Crippen LogP contribution is -2.21. The minimum absolute atomic E-state index is 0.0738. The van der Waals surface area contributed by atoms with Gasteiger partial charge in [0.2, 0.25) is 5.91 Å². The zero-order valence-electron chi connectivity index (χ0n) is 9.31. The lowest BCUT2D eigenvalue weighted by Gasteiger charge is -2.10. The first-order chi connectivity index (χ1) is 7.15. The third-order valence-corrected chi connectivity index (χ3v) is 2.16. The summed E-state index contributed by atoms with van der Waals surface area (Å²) in [6.45, 7) is 1.28. The second-order valence-electron chi connectivity index (χ2n) is 3.74. The van der Waals surface area contributed by atoms with Crippen LogP contribution in [0.2, 0.25) is 0 Å². The standard InChI is InChI=1S/C10H18N4O/c1-13(2)6-4-10(15)14-8-12-7-9(14)3-5-11/h7-8H,3-6,11H2,1-2H3. The molecular formula is C10H18N4O. The summed E-state index contributed by atoms with van der Waals surface area (Å²) in [6, 6.07) is 0. The van der Waals surface area contributed by atoms with Crippen molar-refractivity contribution in [2.24, 2.45) is 5.73 Å². The Bertz CT molecular complexity index is 319. The van der Waals surface area contributed by atoms with Gasteiger partial charge in [-0.1, -0.05) is 0 Å². The number of hydrogen-bond donors (Lipinski definition) is 1. The summed E-state index contributed by atoms with van der Waals surface area (Å²) in [7, 11) is 3.89. The first kappa shape index (κ1) is 11.9. The summed E-state index contributed by atoms with van der Waals surface area (Å²) in [5, 5.41) is 0. The molecule has 0 atom stereocenters. The van der Waals surface area contributed by atoms with Gasteiger partial charge in [0.15, 0.2) is 0 Å². The smallest absolute Gasteiger partial charge is 0.233 e. The van der Waals surface area contributed by atoms with E-state index in [4.69, 9.17) is 5.73 Å². The number of carbonyl (C=O) groups is 1. The lowest BCUT2D eigenvalue weighted by atomic mass is 10.3. The second kappa shape index (κ2) is 5.63. The van der Waals surface area contributed by atoms with E-state index in [0.29, 0.717) is 19.4 Å². The zero-order chi connectivity index (χ0) is 11.3. The Morgan fingerprint density at radius 1 is 1.60 bits per heavy atom. The van der Waals surface area contributed by atoms with E-state index < -0.39 is 0 Å². The highest BCUT2D eigenvalue weighted by atomic mass is 16.2. The molecule has 0 aliphatic heterocycles. The van der Waals surface area contributed by atoms with E-state index in [2.05, 4.69) is 4.98 Å². The monoisotopic (exact) mass is 210 g/mol. The van der Waals surface area contributed by atoms with Crippen LogP contribution in [0, 0.1) is 0 Å². The molecule has 0 aromatic carbocycles. The van der Waals surface area contributed by atoms with Gasteiger partial charge < -0.3 is 10.6 Å². The Labute approximate surface area is 89.9 Å². The topological polar surface area (TPSA) is 64.2 Å². The molecule has 1 aromatic rings. The van der Waals surface area contributed by atoms with Gasteiger partial charge in [-0.25, -0.2) is 4.98 Å². The number of carbonyl (C=O) groups excluding carboxylic acids is 1. The largest absolute Gasteiger partial charge is 0.330 e. The van der Waals surface area contributed by atoms with Crippen molar-refractivity contribution in [1.82, 2.24) is 14.5 Å². The highest BCUT2D eigenvalue weighted by molar-refractivity contribution is 5.79. The van der Waals surface area contributed by atoms with Crippen LogP contribution in [0.1, 0.15) is 16.9 Å². The third-order valence-electron chi connectivity index (χ3n) is 2.16. The predicted octanol–water partition coefficient (Wildman–Crippen LogP) is -0.0238. The molecule has 84 valence electrons. The molecule has 0 aliphatic rings. The summed E-state index contributed by atoms with van der Waals surface area (Å²) >= 11 is 0. The first-order valence-corrected chi connectivity index (χ1v) is 5.04. The van der Waals surface area contributed by atoms with Crippen LogP contribution in [-0.4, -0.2) is 47.5 Å². The molecule has 0 amide bonds. The molecule has 1 aromatic heterocycles. The maximum atomic E-state index is 11.8. The molecule has 0 spiro atoms. The molecular weight excluding hydrogens is 192 g/mol. The number of hydrogen-bond acceptors (Lipinski definition) is 4. The fraction of sp³-hybridized carbons (Fsp3) is 0.600. The van der Waals surface area contributed by atoms with Crippen molar-refractivity contribution in [3.63, 3.8) is 0 Å². The van der Waals surface area contributed by atoms with Crippen LogP contribution in [0.25, 0.3) is 0 Å². The van der Waals surface area contributed by atoms with Gasteiger partial charge in [-0.05, 0) is 20.6 Å². The average Bonchev–Trinajstić information content (AvgIpc) is 2.63. The summed E-state index contributed by atoms with van der Waals surface area (Å²) in [4.78, 5) is 17.7. The van der Waals surface area contributed by atoms with E-state index in [9.17, 15) is 4.79 Å².